The molecule has 1 N–H and O–H groups in total. The van der Waals surface area contributed by atoms with Gasteiger partial charge in [-0.1, -0.05) is 26.2 Å². The van der Waals surface area contributed by atoms with Crippen LogP contribution in [0.15, 0.2) is 0 Å². The molecule has 2 aliphatic rings. The molecule has 0 radical (unpaired) electrons. The smallest absolute Gasteiger partial charge is 0.0167 e. The fourth-order valence-electron chi connectivity index (χ4n) is 3.26. The van der Waals surface area contributed by atoms with E-state index in [0.29, 0.717) is 6.04 Å². The van der Waals surface area contributed by atoms with Crippen molar-refractivity contribution in [3.63, 3.8) is 0 Å². The molecule has 1 heterocycles. The van der Waals surface area contributed by atoms with Gasteiger partial charge >= 0.3 is 0 Å². The van der Waals surface area contributed by atoms with Crippen LogP contribution in [0, 0.1) is 5.92 Å². The van der Waals surface area contributed by atoms with E-state index in [1.807, 2.05) is 0 Å². The lowest BCUT2D eigenvalue weighted by molar-refractivity contribution is 0.0990. The van der Waals surface area contributed by atoms with Crippen LogP contribution in [-0.4, -0.2) is 36.6 Å². The van der Waals surface area contributed by atoms with Crippen molar-refractivity contribution in [3.8, 4) is 0 Å². The maximum absolute atomic E-state index is 3.53. The molecule has 0 spiro atoms. The van der Waals surface area contributed by atoms with E-state index >= 15 is 0 Å². The van der Waals surface area contributed by atoms with Gasteiger partial charge in [-0.15, -0.1) is 0 Å². The van der Waals surface area contributed by atoms with Gasteiger partial charge in [-0.2, -0.15) is 0 Å². The molecule has 3 atom stereocenters. The van der Waals surface area contributed by atoms with Crippen molar-refractivity contribution in [2.24, 2.45) is 5.92 Å². The molecule has 88 valence electrons. The molecule has 1 aliphatic heterocycles. The summed E-state index contributed by atoms with van der Waals surface area (Å²) in [4.78, 5) is 2.74. The molecule has 1 aliphatic carbocycles. The van der Waals surface area contributed by atoms with E-state index in [9.17, 15) is 0 Å². The predicted octanol–water partition coefficient (Wildman–Crippen LogP) is 2.25. The van der Waals surface area contributed by atoms with Crippen LogP contribution in [0.3, 0.4) is 0 Å². The van der Waals surface area contributed by atoms with Crippen LogP contribution in [-0.2, 0) is 0 Å². The standard InChI is InChI=1S/C13H26N2/c1-3-12-5-4-6-13(9-12)15-8-7-14-11(2)10-15/h11-14H,3-10H2,1-2H3/t11-,12?,13?/m0/s1. The van der Waals surface area contributed by atoms with Gasteiger partial charge in [0, 0.05) is 31.7 Å². The number of piperazine rings is 1. The molecule has 0 aromatic rings. The highest BCUT2D eigenvalue weighted by Crippen LogP contribution is 2.30. The molecule has 1 saturated heterocycles. The fraction of sp³-hybridized carbons (Fsp3) is 1.00. The Labute approximate surface area is 94.4 Å². The first-order valence-corrected chi connectivity index (χ1v) is 6.77. The molecule has 2 nitrogen and oxygen atoms in total. The minimum Gasteiger partial charge on any atom is -0.312 e. The third kappa shape index (κ3) is 2.94. The second-order valence-corrected chi connectivity index (χ2v) is 5.44. The van der Waals surface area contributed by atoms with Crippen LogP contribution in [0.5, 0.6) is 0 Å². The minimum absolute atomic E-state index is 0.695. The molecular weight excluding hydrogens is 184 g/mol. The average Bonchev–Trinajstić information content (AvgIpc) is 2.29. The van der Waals surface area contributed by atoms with E-state index in [0.717, 1.165) is 12.0 Å². The summed E-state index contributed by atoms with van der Waals surface area (Å²) in [5, 5.41) is 3.53. The highest BCUT2D eigenvalue weighted by atomic mass is 15.2. The second-order valence-electron chi connectivity index (χ2n) is 5.44. The zero-order valence-corrected chi connectivity index (χ0v) is 10.3. The van der Waals surface area contributed by atoms with Crippen molar-refractivity contribution >= 4 is 0 Å². The lowest BCUT2D eigenvalue weighted by Gasteiger charge is -2.41. The first-order chi connectivity index (χ1) is 7.29. The average molecular weight is 210 g/mol. The SMILES string of the molecule is CCC1CCCC(N2CCN[C@@H](C)C2)C1. The maximum Gasteiger partial charge on any atom is 0.0167 e. The molecule has 2 fully saturated rings. The van der Waals surface area contributed by atoms with Crippen molar-refractivity contribution in [2.45, 2.75) is 58.0 Å². The summed E-state index contributed by atoms with van der Waals surface area (Å²) in [6.07, 6.45) is 7.24. The number of nitrogens with zero attached hydrogens (tertiary/aromatic N) is 1. The van der Waals surface area contributed by atoms with Crippen molar-refractivity contribution in [1.29, 1.82) is 0 Å². The topological polar surface area (TPSA) is 15.3 Å². The van der Waals surface area contributed by atoms with Crippen LogP contribution in [0.4, 0.5) is 0 Å². The molecule has 2 heteroatoms. The first kappa shape index (κ1) is 11.4. The predicted molar refractivity (Wildman–Crippen MR) is 65.1 cm³/mol. The summed E-state index contributed by atoms with van der Waals surface area (Å²) >= 11 is 0. The molecule has 0 aromatic heterocycles. The van der Waals surface area contributed by atoms with Crippen molar-refractivity contribution < 1.29 is 0 Å². The van der Waals surface area contributed by atoms with Gasteiger partial charge in [-0.3, -0.25) is 4.90 Å². The molecule has 0 bridgehead atoms. The van der Waals surface area contributed by atoms with Gasteiger partial charge in [0.15, 0.2) is 0 Å². The molecule has 15 heavy (non-hydrogen) atoms. The zero-order chi connectivity index (χ0) is 10.7. The molecular formula is C13H26N2. The molecule has 2 rings (SSSR count). The van der Waals surface area contributed by atoms with E-state index in [2.05, 4.69) is 24.1 Å². The fourth-order valence-corrected chi connectivity index (χ4v) is 3.26. The molecule has 0 aromatic carbocycles. The lowest BCUT2D eigenvalue weighted by Crippen LogP contribution is -2.53. The van der Waals surface area contributed by atoms with E-state index in [4.69, 9.17) is 0 Å². The van der Waals surface area contributed by atoms with Gasteiger partial charge < -0.3 is 5.32 Å². The van der Waals surface area contributed by atoms with E-state index in [-0.39, 0.29) is 0 Å². The number of nitrogens with one attached hydrogen (secondary N) is 1. The third-order valence-corrected chi connectivity index (χ3v) is 4.25. The van der Waals surface area contributed by atoms with E-state index < -0.39 is 0 Å². The Hall–Kier alpha value is -0.0800. The minimum atomic E-state index is 0.695. The largest absolute Gasteiger partial charge is 0.312 e. The summed E-state index contributed by atoms with van der Waals surface area (Å²) in [7, 11) is 0. The molecule has 1 saturated carbocycles. The van der Waals surface area contributed by atoms with Gasteiger partial charge in [-0.05, 0) is 25.7 Å². The van der Waals surface area contributed by atoms with Crippen LogP contribution < -0.4 is 5.32 Å². The quantitative estimate of drug-likeness (QED) is 0.752. The van der Waals surface area contributed by atoms with Crippen LogP contribution in [0.2, 0.25) is 0 Å². The highest BCUT2D eigenvalue weighted by Gasteiger charge is 2.28. The van der Waals surface area contributed by atoms with Crippen LogP contribution in [0.25, 0.3) is 0 Å². The Bertz CT molecular complexity index is 193. The Kier molecular flexibility index (Phi) is 4.04. The Balaban J connectivity index is 1.86. The molecule has 2 unspecified atom stereocenters. The van der Waals surface area contributed by atoms with Gasteiger partial charge in [0.05, 0.1) is 0 Å². The molecule has 0 amide bonds. The first-order valence-electron chi connectivity index (χ1n) is 6.77. The Morgan fingerprint density at radius 2 is 2.20 bits per heavy atom. The summed E-state index contributed by atoms with van der Waals surface area (Å²) in [5.74, 6) is 1.01. The number of hydrogen-bond acceptors (Lipinski definition) is 2. The van der Waals surface area contributed by atoms with E-state index in [1.54, 1.807) is 0 Å². The number of hydrogen-bond donors (Lipinski definition) is 1. The monoisotopic (exact) mass is 210 g/mol. The Morgan fingerprint density at radius 1 is 1.33 bits per heavy atom. The van der Waals surface area contributed by atoms with Crippen LogP contribution in [0.1, 0.15) is 46.0 Å². The Morgan fingerprint density at radius 3 is 2.93 bits per heavy atom. The lowest BCUT2D eigenvalue weighted by atomic mass is 9.83. The van der Waals surface area contributed by atoms with Crippen molar-refractivity contribution in [2.75, 3.05) is 19.6 Å². The summed E-state index contributed by atoms with van der Waals surface area (Å²) < 4.78 is 0. The van der Waals surface area contributed by atoms with Gasteiger partial charge in [0.2, 0.25) is 0 Å². The van der Waals surface area contributed by atoms with Gasteiger partial charge in [0.25, 0.3) is 0 Å². The normalized spacial score (nSPS) is 39.2. The summed E-state index contributed by atoms with van der Waals surface area (Å²) in [5.41, 5.74) is 0. The maximum atomic E-state index is 3.53. The summed E-state index contributed by atoms with van der Waals surface area (Å²) in [6.45, 7) is 8.39. The number of rotatable bonds is 2. The second kappa shape index (κ2) is 5.31. The highest BCUT2D eigenvalue weighted by molar-refractivity contribution is 4.84. The van der Waals surface area contributed by atoms with Crippen LogP contribution >= 0.6 is 0 Å². The van der Waals surface area contributed by atoms with E-state index in [1.165, 1.54) is 51.7 Å². The summed E-state index contributed by atoms with van der Waals surface area (Å²) in [6, 6.07) is 1.59. The van der Waals surface area contributed by atoms with Gasteiger partial charge in [0.1, 0.15) is 0 Å². The third-order valence-electron chi connectivity index (χ3n) is 4.25. The zero-order valence-electron chi connectivity index (χ0n) is 10.3. The van der Waals surface area contributed by atoms with Gasteiger partial charge in [-0.25, -0.2) is 0 Å². The van der Waals surface area contributed by atoms with Crippen molar-refractivity contribution in [1.82, 2.24) is 10.2 Å². The van der Waals surface area contributed by atoms with Crippen molar-refractivity contribution in [3.05, 3.63) is 0 Å².